The van der Waals surface area contributed by atoms with E-state index in [-0.39, 0.29) is 30.7 Å². The zero-order valence-corrected chi connectivity index (χ0v) is 14.6. The third kappa shape index (κ3) is 4.46. The van der Waals surface area contributed by atoms with Crippen LogP contribution in [0.3, 0.4) is 0 Å². The summed E-state index contributed by atoms with van der Waals surface area (Å²) < 4.78 is 5.43. The van der Waals surface area contributed by atoms with E-state index in [1.54, 1.807) is 17.6 Å². The number of carbonyl (C=O) groups excluding carboxylic acids is 1. The first-order valence-electron chi connectivity index (χ1n) is 6.72. The van der Waals surface area contributed by atoms with Gasteiger partial charge < -0.3 is 14.6 Å². The molecule has 0 aromatic carbocycles. The number of aromatic nitrogens is 1. The van der Waals surface area contributed by atoms with E-state index in [1.807, 2.05) is 22.4 Å². The van der Waals surface area contributed by atoms with Crippen molar-refractivity contribution in [3.63, 3.8) is 0 Å². The highest BCUT2D eigenvalue weighted by Crippen LogP contribution is 2.23. The van der Waals surface area contributed by atoms with Crippen molar-refractivity contribution in [1.29, 1.82) is 0 Å². The summed E-state index contributed by atoms with van der Waals surface area (Å²) in [5.41, 5.74) is 0.699. The Morgan fingerprint density at radius 1 is 1.55 bits per heavy atom. The fourth-order valence-corrected chi connectivity index (χ4v) is 2.98. The molecule has 2 aromatic heterocycles. The number of hydrogen-bond acceptors (Lipinski definition) is 5. The molecule has 1 unspecified atom stereocenters. The maximum atomic E-state index is 12.2. The molecule has 0 aliphatic carbocycles. The number of nitrogens with zero attached hydrogens (tertiary/aromatic N) is 2. The molecule has 3 rings (SSSR count). The van der Waals surface area contributed by atoms with E-state index in [1.165, 1.54) is 0 Å². The van der Waals surface area contributed by atoms with Gasteiger partial charge in [-0.15, -0.1) is 36.2 Å². The number of piperazine rings is 1. The van der Waals surface area contributed by atoms with Crippen molar-refractivity contribution >= 4 is 42.1 Å². The Morgan fingerprint density at radius 3 is 3.05 bits per heavy atom. The number of rotatable bonds is 3. The maximum Gasteiger partial charge on any atom is 0.236 e. The average Bonchev–Trinajstić information content (AvgIpc) is 3.08. The summed E-state index contributed by atoms with van der Waals surface area (Å²) in [5, 5.41) is 5.31. The van der Waals surface area contributed by atoms with E-state index in [4.69, 9.17) is 4.42 Å². The quantitative estimate of drug-likeness (QED) is 0.910. The molecule has 22 heavy (non-hydrogen) atoms. The van der Waals surface area contributed by atoms with Gasteiger partial charge in [-0.2, -0.15) is 0 Å². The van der Waals surface area contributed by atoms with Gasteiger partial charge in [-0.3, -0.25) is 4.79 Å². The largest absolute Gasteiger partial charge is 0.444 e. The minimum Gasteiger partial charge on any atom is -0.444 e. The summed E-state index contributed by atoms with van der Waals surface area (Å²) >= 11 is 1.58. The van der Waals surface area contributed by atoms with Crippen molar-refractivity contribution in [1.82, 2.24) is 15.2 Å². The normalized spacial score (nSPS) is 17.5. The van der Waals surface area contributed by atoms with Gasteiger partial charge in [0.2, 0.25) is 11.8 Å². The third-order valence-corrected chi connectivity index (χ3v) is 4.20. The summed E-state index contributed by atoms with van der Waals surface area (Å²) in [7, 11) is 0. The lowest BCUT2D eigenvalue weighted by atomic mass is 10.2. The molecule has 0 saturated carbocycles. The monoisotopic (exact) mass is 363 g/mol. The number of oxazole rings is 1. The minimum absolute atomic E-state index is 0. The van der Waals surface area contributed by atoms with Crippen molar-refractivity contribution < 1.29 is 9.21 Å². The van der Waals surface area contributed by atoms with Crippen LogP contribution in [-0.4, -0.2) is 41.5 Å². The van der Waals surface area contributed by atoms with Gasteiger partial charge in [0.1, 0.15) is 6.26 Å². The van der Waals surface area contributed by atoms with Crippen LogP contribution in [0, 0.1) is 0 Å². The fraction of sp³-hybridized carbons (Fsp3) is 0.429. The first kappa shape index (κ1) is 19.0. The Labute approximate surface area is 145 Å². The van der Waals surface area contributed by atoms with Crippen molar-refractivity contribution in [3.05, 3.63) is 29.5 Å². The van der Waals surface area contributed by atoms with Crippen LogP contribution in [-0.2, 0) is 11.2 Å². The lowest BCUT2D eigenvalue weighted by Gasteiger charge is -2.31. The molecule has 1 fully saturated rings. The van der Waals surface area contributed by atoms with E-state index in [9.17, 15) is 4.79 Å². The predicted molar refractivity (Wildman–Crippen MR) is 92.1 cm³/mol. The van der Waals surface area contributed by atoms with Crippen LogP contribution in [0.25, 0.3) is 10.8 Å². The lowest BCUT2D eigenvalue weighted by molar-refractivity contribution is -0.131. The Bertz CT molecular complexity index is 589. The number of halogens is 2. The van der Waals surface area contributed by atoms with Crippen LogP contribution < -0.4 is 5.32 Å². The van der Waals surface area contributed by atoms with Crippen LogP contribution in [0.5, 0.6) is 0 Å². The first-order chi connectivity index (χ1) is 9.72. The molecule has 1 N–H and O–H groups in total. The Kier molecular flexibility index (Phi) is 7.35. The molecule has 2 aromatic rings. The van der Waals surface area contributed by atoms with Crippen LogP contribution in [0.15, 0.2) is 28.2 Å². The minimum atomic E-state index is 0. The molecular weight excluding hydrogens is 345 g/mol. The van der Waals surface area contributed by atoms with Gasteiger partial charge >= 0.3 is 0 Å². The Hall–Kier alpha value is -1.08. The van der Waals surface area contributed by atoms with Gasteiger partial charge in [0.05, 0.1) is 17.0 Å². The number of thiophene rings is 1. The van der Waals surface area contributed by atoms with Crippen LogP contribution >= 0.6 is 36.2 Å². The van der Waals surface area contributed by atoms with Crippen LogP contribution in [0.1, 0.15) is 12.6 Å². The summed E-state index contributed by atoms with van der Waals surface area (Å²) in [6.07, 6.45) is 1.89. The Morgan fingerprint density at radius 2 is 2.36 bits per heavy atom. The molecular formula is C14H19Cl2N3O2S. The summed E-state index contributed by atoms with van der Waals surface area (Å²) in [6.45, 7) is 4.46. The van der Waals surface area contributed by atoms with E-state index < -0.39 is 0 Å². The first-order valence-corrected chi connectivity index (χ1v) is 7.60. The SMILES string of the molecule is CC1CN(C(=O)Cc2coc(-c3cccs3)n2)CCN1.Cl.Cl. The topological polar surface area (TPSA) is 58.4 Å². The zero-order chi connectivity index (χ0) is 13.9. The van der Waals surface area contributed by atoms with Gasteiger partial charge in [0.15, 0.2) is 0 Å². The molecule has 3 heterocycles. The lowest BCUT2D eigenvalue weighted by Crippen LogP contribution is -2.51. The fourth-order valence-electron chi connectivity index (χ4n) is 2.33. The van der Waals surface area contributed by atoms with Gasteiger partial charge in [-0.1, -0.05) is 6.07 Å². The highest BCUT2D eigenvalue weighted by atomic mass is 35.5. The van der Waals surface area contributed by atoms with Crippen molar-refractivity contribution in [3.8, 4) is 10.8 Å². The highest BCUT2D eigenvalue weighted by molar-refractivity contribution is 7.13. The van der Waals surface area contributed by atoms with Gasteiger partial charge in [0.25, 0.3) is 0 Å². The molecule has 0 spiro atoms. The second-order valence-electron chi connectivity index (χ2n) is 4.99. The smallest absolute Gasteiger partial charge is 0.236 e. The predicted octanol–water partition coefficient (Wildman–Crippen LogP) is 2.61. The molecule has 1 amide bonds. The molecule has 1 saturated heterocycles. The maximum absolute atomic E-state index is 12.2. The van der Waals surface area contributed by atoms with Crippen molar-refractivity contribution in [2.75, 3.05) is 19.6 Å². The van der Waals surface area contributed by atoms with Crippen molar-refractivity contribution in [2.45, 2.75) is 19.4 Å². The summed E-state index contributed by atoms with van der Waals surface area (Å²) in [4.78, 5) is 19.5. The second-order valence-corrected chi connectivity index (χ2v) is 5.94. The average molecular weight is 364 g/mol. The van der Waals surface area contributed by atoms with Gasteiger partial charge in [-0.25, -0.2) is 4.98 Å². The standard InChI is InChI=1S/C14H17N3O2S.2ClH/c1-10-8-17(5-4-15-10)13(18)7-11-9-19-14(16-11)12-3-2-6-20-12;;/h2-3,6,9-10,15H,4-5,7-8H2,1H3;2*1H. The van der Waals surface area contributed by atoms with Crippen LogP contribution in [0.4, 0.5) is 0 Å². The van der Waals surface area contributed by atoms with E-state index >= 15 is 0 Å². The Balaban J connectivity index is 0.00000121. The summed E-state index contributed by atoms with van der Waals surface area (Å²) in [5.74, 6) is 0.709. The molecule has 8 heteroatoms. The molecule has 1 aliphatic heterocycles. The van der Waals surface area contributed by atoms with Gasteiger partial charge in [0, 0.05) is 25.7 Å². The van der Waals surface area contributed by atoms with Crippen molar-refractivity contribution in [2.24, 2.45) is 0 Å². The number of nitrogens with one attached hydrogen (secondary N) is 1. The molecule has 122 valence electrons. The molecule has 1 aliphatic rings. The summed E-state index contributed by atoms with van der Waals surface area (Å²) in [6, 6.07) is 4.27. The van der Waals surface area contributed by atoms with Gasteiger partial charge in [-0.05, 0) is 18.4 Å². The number of carbonyl (C=O) groups is 1. The molecule has 5 nitrogen and oxygen atoms in total. The van der Waals surface area contributed by atoms with E-state index in [0.29, 0.717) is 24.0 Å². The zero-order valence-electron chi connectivity index (χ0n) is 12.2. The number of amides is 1. The highest BCUT2D eigenvalue weighted by Gasteiger charge is 2.21. The molecule has 1 atom stereocenters. The second kappa shape index (κ2) is 8.53. The number of hydrogen-bond donors (Lipinski definition) is 1. The third-order valence-electron chi connectivity index (χ3n) is 3.34. The van der Waals surface area contributed by atoms with E-state index in [0.717, 1.165) is 24.5 Å². The van der Waals surface area contributed by atoms with Crippen LogP contribution in [0.2, 0.25) is 0 Å². The molecule has 0 bridgehead atoms. The van der Waals surface area contributed by atoms with E-state index in [2.05, 4.69) is 17.2 Å². The molecule has 0 radical (unpaired) electrons.